The highest BCUT2D eigenvalue weighted by Crippen LogP contribution is 2.30. The minimum Gasteiger partial charge on any atom is -0.391 e. The first-order valence-electron chi connectivity index (χ1n) is 7.93. The summed E-state index contributed by atoms with van der Waals surface area (Å²) in [5.74, 6) is 0.403. The second-order valence-electron chi connectivity index (χ2n) is 6.43. The van der Waals surface area contributed by atoms with Crippen LogP contribution in [0.1, 0.15) is 36.5 Å². The van der Waals surface area contributed by atoms with Crippen LogP contribution < -0.4 is 5.32 Å². The van der Waals surface area contributed by atoms with Gasteiger partial charge in [0, 0.05) is 30.3 Å². The number of hydrogen-bond donors (Lipinski definition) is 2. The number of carbonyl (C=O) groups excluding carboxylic acids is 2. The summed E-state index contributed by atoms with van der Waals surface area (Å²) < 4.78 is 0. The molecule has 2 N–H and O–H groups in total. The minimum absolute atomic E-state index is 0.0622. The quantitative estimate of drug-likeness (QED) is 0.895. The summed E-state index contributed by atoms with van der Waals surface area (Å²) in [5.41, 5.74) is 1.31. The average Bonchev–Trinajstić information content (AvgIpc) is 3.35. The van der Waals surface area contributed by atoms with E-state index in [0.717, 1.165) is 24.9 Å². The predicted molar refractivity (Wildman–Crippen MR) is 83.5 cm³/mol. The Kier molecular flexibility index (Phi) is 4.16. The van der Waals surface area contributed by atoms with Gasteiger partial charge >= 0.3 is 0 Å². The van der Waals surface area contributed by atoms with E-state index in [1.165, 1.54) is 0 Å². The Hall–Kier alpha value is -1.88. The van der Waals surface area contributed by atoms with E-state index in [1.54, 1.807) is 29.2 Å². The Morgan fingerprint density at radius 1 is 1.18 bits per heavy atom. The van der Waals surface area contributed by atoms with Gasteiger partial charge in [-0.2, -0.15) is 0 Å². The molecule has 22 heavy (non-hydrogen) atoms. The molecule has 2 fully saturated rings. The summed E-state index contributed by atoms with van der Waals surface area (Å²) in [7, 11) is 0. The number of nitrogens with one attached hydrogen (secondary N) is 1. The van der Waals surface area contributed by atoms with Gasteiger partial charge in [-0.1, -0.05) is 6.92 Å². The van der Waals surface area contributed by atoms with Crippen molar-refractivity contribution in [3.8, 4) is 0 Å². The van der Waals surface area contributed by atoms with E-state index in [2.05, 4.69) is 5.32 Å². The summed E-state index contributed by atoms with van der Waals surface area (Å²) in [6.07, 6.45) is 2.31. The zero-order valence-corrected chi connectivity index (χ0v) is 12.8. The molecule has 5 nitrogen and oxygen atoms in total. The lowest BCUT2D eigenvalue weighted by Gasteiger charge is -2.34. The van der Waals surface area contributed by atoms with Crippen LogP contribution in [0.15, 0.2) is 24.3 Å². The molecule has 0 spiro atoms. The van der Waals surface area contributed by atoms with Crippen LogP contribution >= 0.6 is 0 Å². The molecule has 3 rings (SSSR count). The number of piperidine rings is 1. The van der Waals surface area contributed by atoms with Gasteiger partial charge in [-0.25, -0.2) is 0 Å². The summed E-state index contributed by atoms with van der Waals surface area (Å²) in [6, 6.07) is 6.98. The molecule has 2 amide bonds. The van der Waals surface area contributed by atoms with Gasteiger partial charge in [0.1, 0.15) is 0 Å². The van der Waals surface area contributed by atoms with E-state index in [4.69, 9.17) is 0 Å². The van der Waals surface area contributed by atoms with Crippen molar-refractivity contribution in [2.45, 2.75) is 32.3 Å². The molecular weight excluding hydrogens is 280 g/mol. The van der Waals surface area contributed by atoms with Crippen LogP contribution in [0.4, 0.5) is 5.69 Å². The van der Waals surface area contributed by atoms with Gasteiger partial charge < -0.3 is 15.3 Å². The molecule has 2 unspecified atom stereocenters. The van der Waals surface area contributed by atoms with Crippen LogP contribution in [0, 0.1) is 11.8 Å². The fourth-order valence-electron chi connectivity index (χ4n) is 2.70. The highest BCUT2D eigenvalue weighted by atomic mass is 16.3. The van der Waals surface area contributed by atoms with Crippen LogP contribution in [0.25, 0.3) is 0 Å². The number of hydrogen-bond acceptors (Lipinski definition) is 3. The van der Waals surface area contributed by atoms with Gasteiger partial charge in [-0.15, -0.1) is 0 Å². The van der Waals surface area contributed by atoms with Gasteiger partial charge in [0.2, 0.25) is 5.91 Å². The third-order valence-electron chi connectivity index (χ3n) is 4.55. The normalized spacial score (nSPS) is 24.9. The monoisotopic (exact) mass is 302 g/mol. The van der Waals surface area contributed by atoms with Crippen molar-refractivity contribution in [3.63, 3.8) is 0 Å². The third-order valence-corrected chi connectivity index (χ3v) is 4.55. The molecule has 0 bridgehead atoms. The lowest BCUT2D eigenvalue weighted by molar-refractivity contribution is -0.117. The van der Waals surface area contributed by atoms with Gasteiger partial charge in [-0.05, 0) is 49.4 Å². The second kappa shape index (κ2) is 6.08. The van der Waals surface area contributed by atoms with Gasteiger partial charge in [0.25, 0.3) is 5.91 Å². The van der Waals surface area contributed by atoms with Crippen LogP contribution in [0.3, 0.4) is 0 Å². The maximum atomic E-state index is 12.4. The maximum Gasteiger partial charge on any atom is 0.253 e. The molecule has 1 aromatic rings. The Balaban J connectivity index is 1.62. The number of anilines is 1. The first-order valence-corrected chi connectivity index (χ1v) is 7.93. The zero-order valence-electron chi connectivity index (χ0n) is 12.8. The highest BCUT2D eigenvalue weighted by molar-refractivity contribution is 5.96. The van der Waals surface area contributed by atoms with Crippen LogP contribution in [-0.4, -0.2) is 41.0 Å². The number of carbonyl (C=O) groups is 2. The van der Waals surface area contributed by atoms with E-state index in [9.17, 15) is 14.7 Å². The molecule has 5 heteroatoms. The number of aliphatic hydroxyl groups excluding tert-OH is 1. The number of benzene rings is 1. The third kappa shape index (κ3) is 3.30. The standard InChI is InChI=1S/C17H22N2O3/c1-11-8-9-19(10-15(11)20)17(22)13-4-6-14(7-5-13)18-16(21)12-2-3-12/h4-7,11-12,15,20H,2-3,8-10H2,1H3,(H,18,21). The summed E-state index contributed by atoms with van der Waals surface area (Å²) in [5, 5.41) is 12.8. The molecule has 1 saturated heterocycles. The van der Waals surface area contributed by atoms with Crippen molar-refractivity contribution >= 4 is 17.5 Å². The lowest BCUT2D eigenvalue weighted by Crippen LogP contribution is -2.45. The smallest absolute Gasteiger partial charge is 0.253 e. The van der Waals surface area contributed by atoms with Crippen LogP contribution in [0.2, 0.25) is 0 Å². The summed E-state index contributed by atoms with van der Waals surface area (Å²) in [4.78, 5) is 25.8. The molecule has 0 radical (unpaired) electrons. The Bertz CT molecular complexity index is 566. The maximum absolute atomic E-state index is 12.4. The second-order valence-corrected chi connectivity index (χ2v) is 6.43. The Morgan fingerprint density at radius 2 is 1.86 bits per heavy atom. The zero-order chi connectivity index (χ0) is 15.7. The molecule has 2 atom stereocenters. The molecule has 1 aliphatic heterocycles. The first kappa shape index (κ1) is 15.0. The van der Waals surface area contributed by atoms with Gasteiger partial charge in [0.05, 0.1) is 6.10 Å². The average molecular weight is 302 g/mol. The van der Waals surface area contributed by atoms with Crippen molar-refractivity contribution in [2.75, 3.05) is 18.4 Å². The number of aliphatic hydroxyl groups is 1. The Labute approximate surface area is 130 Å². The topological polar surface area (TPSA) is 69.6 Å². The summed E-state index contributed by atoms with van der Waals surface area (Å²) in [6.45, 7) is 3.07. The van der Waals surface area contributed by atoms with E-state index in [0.29, 0.717) is 18.7 Å². The fraction of sp³-hybridized carbons (Fsp3) is 0.529. The van der Waals surface area contributed by atoms with E-state index < -0.39 is 6.10 Å². The van der Waals surface area contributed by atoms with Crippen molar-refractivity contribution in [1.29, 1.82) is 0 Å². The molecule has 1 aliphatic carbocycles. The van der Waals surface area contributed by atoms with Gasteiger partial charge in [0.15, 0.2) is 0 Å². The van der Waals surface area contributed by atoms with E-state index >= 15 is 0 Å². The molecule has 1 saturated carbocycles. The largest absolute Gasteiger partial charge is 0.391 e. The van der Waals surface area contributed by atoms with Crippen molar-refractivity contribution in [2.24, 2.45) is 11.8 Å². The van der Waals surface area contributed by atoms with Crippen molar-refractivity contribution in [1.82, 2.24) is 4.90 Å². The number of amides is 2. The number of β-amino-alcohol motifs (C(OH)–C–C–N with tert-alkyl or cyclic N) is 1. The molecule has 2 aliphatic rings. The highest BCUT2D eigenvalue weighted by Gasteiger charge is 2.30. The molecule has 0 aromatic heterocycles. The fourth-order valence-corrected chi connectivity index (χ4v) is 2.70. The van der Waals surface area contributed by atoms with E-state index in [1.807, 2.05) is 6.92 Å². The van der Waals surface area contributed by atoms with E-state index in [-0.39, 0.29) is 23.7 Å². The SMILES string of the molecule is CC1CCN(C(=O)c2ccc(NC(=O)C3CC3)cc2)CC1O. The van der Waals surface area contributed by atoms with Crippen molar-refractivity contribution < 1.29 is 14.7 Å². The summed E-state index contributed by atoms with van der Waals surface area (Å²) >= 11 is 0. The Morgan fingerprint density at radius 3 is 2.45 bits per heavy atom. The number of nitrogens with zero attached hydrogens (tertiary/aromatic N) is 1. The minimum atomic E-state index is -0.449. The first-order chi connectivity index (χ1) is 10.5. The van der Waals surface area contributed by atoms with Gasteiger partial charge in [-0.3, -0.25) is 9.59 Å². The van der Waals surface area contributed by atoms with Crippen LogP contribution in [0.5, 0.6) is 0 Å². The molecule has 1 aromatic carbocycles. The number of rotatable bonds is 3. The van der Waals surface area contributed by atoms with Crippen LogP contribution in [-0.2, 0) is 4.79 Å². The predicted octanol–water partition coefficient (Wildman–Crippen LogP) is 1.88. The molecule has 1 heterocycles. The molecular formula is C17H22N2O3. The number of likely N-dealkylation sites (tertiary alicyclic amines) is 1. The lowest BCUT2D eigenvalue weighted by atomic mass is 9.95. The van der Waals surface area contributed by atoms with Crippen molar-refractivity contribution in [3.05, 3.63) is 29.8 Å². The molecule has 118 valence electrons.